The highest BCUT2D eigenvalue weighted by molar-refractivity contribution is 7.08. The van der Waals surface area contributed by atoms with Gasteiger partial charge in [-0.25, -0.2) is 0 Å². The van der Waals surface area contributed by atoms with Crippen molar-refractivity contribution in [3.8, 4) is 0 Å². The minimum atomic E-state index is -0.193. The molecule has 18 heavy (non-hydrogen) atoms. The lowest BCUT2D eigenvalue weighted by molar-refractivity contribution is 0.102. The van der Waals surface area contributed by atoms with Gasteiger partial charge >= 0.3 is 0 Å². The smallest absolute Gasteiger partial charge is 0.269 e. The number of aryl methyl sites for hydroxylation is 2. The molecule has 1 N–H and O–H groups in total. The maximum absolute atomic E-state index is 12.0. The van der Waals surface area contributed by atoms with E-state index in [1.54, 1.807) is 6.07 Å². The number of rotatable bonds is 3. The van der Waals surface area contributed by atoms with E-state index in [1.165, 1.54) is 0 Å². The third kappa shape index (κ3) is 2.68. The zero-order valence-corrected chi connectivity index (χ0v) is 11.6. The molecule has 0 aliphatic heterocycles. The number of aromatic nitrogens is 2. The molecule has 2 rings (SSSR count). The van der Waals surface area contributed by atoms with Crippen molar-refractivity contribution >= 4 is 34.7 Å². The Labute approximate surface area is 114 Å². The quantitative estimate of drug-likeness (QED) is 0.939. The summed E-state index contributed by atoms with van der Waals surface area (Å²) in [6, 6.07) is 5.41. The van der Waals surface area contributed by atoms with Crippen LogP contribution in [0, 0.1) is 6.92 Å². The molecule has 0 bridgehead atoms. The van der Waals surface area contributed by atoms with Crippen molar-refractivity contribution in [2.24, 2.45) is 0 Å². The Kier molecular flexibility index (Phi) is 3.93. The Morgan fingerprint density at radius 3 is 2.94 bits per heavy atom. The Bertz CT molecular complexity index is 582. The monoisotopic (exact) mass is 281 g/mol. The minimum Gasteiger partial charge on any atom is -0.321 e. The van der Waals surface area contributed by atoms with Gasteiger partial charge in [0.1, 0.15) is 4.88 Å². The van der Waals surface area contributed by atoms with Gasteiger partial charge in [0.2, 0.25) is 0 Å². The Balaban J connectivity index is 2.19. The second kappa shape index (κ2) is 5.46. The molecule has 0 saturated heterocycles. The topological polar surface area (TPSA) is 54.9 Å². The van der Waals surface area contributed by atoms with Crippen molar-refractivity contribution in [2.75, 3.05) is 5.32 Å². The van der Waals surface area contributed by atoms with E-state index >= 15 is 0 Å². The van der Waals surface area contributed by atoms with E-state index in [-0.39, 0.29) is 5.91 Å². The molecule has 0 fully saturated rings. The molecule has 0 spiro atoms. The largest absolute Gasteiger partial charge is 0.321 e. The van der Waals surface area contributed by atoms with E-state index in [4.69, 9.17) is 11.6 Å². The Hall–Kier alpha value is -1.46. The lowest BCUT2D eigenvalue weighted by Crippen LogP contribution is -2.12. The zero-order valence-electron chi connectivity index (χ0n) is 10.0. The van der Waals surface area contributed by atoms with E-state index < -0.39 is 0 Å². The first-order valence-electron chi connectivity index (χ1n) is 5.50. The third-order valence-corrected chi connectivity index (χ3v) is 3.70. The number of carbonyl (C=O) groups excluding carboxylic acids is 1. The van der Waals surface area contributed by atoms with Crippen LogP contribution < -0.4 is 5.32 Å². The molecule has 1 aromatic carbocycles. The van der Waals surface area contributed by atoms with E-state index in [2.05, 4.69) is 14.9 Å². The first kappa shape index (κ1) is 13.0. The molecular formula is C12H12ClN3OS. The van der Waals surface area contributed by atoms with Crippen LogP contribution in [0.3, 0.4) is 0 Å². The van der Waals surface area contributed by atoms with Crippen LogP contribution in [-0.4, -0.2) is 15.5 Å². The molecule has 6 heteroatoms. The predicted octanol–water partition coefficient (Wildman–Crippen LogP) is 3.31. The summed E-state index contributed by atoms with van der Waals surface area (Å²) in [5, 5.41) is 7.34. The highest BCUT2D eigenvalue weighted by atomic mass is 35.5. The number of nitrogens with one attached hydrogen (secondary N) is 1. The number of hydrogen-bond donors (Lipinski definition) is 1. The molecule has 0 atom stereocenters. The van der Waals surface area contributed by atoms with Crippen molar-refractivity contribution < 1.29 is 4.79 Å². The van der Waals surface area contributed by atoms with E-state index in [9.17, 15) is 4.79 Å². The van der Waals surface area contributed by atoms with Gasteiger partial charge < -0.3 is 5.32 Å². The predicted molar refractivity (Wildman–Crippen MR) is 73.4 cm³/mol. The van der Waals surface area contributed by atoms with E-state index in [1.807, 2.05) is 26.0 Å². The summed E-state index contributed by atoms with van der Waals surface area (Å²) >= 11 is 7.11. The van der Waals surface area contributed by atoms with Crippen LogP contribution in [0.4, 0.5) is 5.69 Å². The fourth-order valence-corrected chi connectivity index (χ4v) is 2.30. The van der Waals surface area contributed by atoms with Gasteiger partial charge in [0.15, 0.2) is 0 Å². The number of hydrogen-bond acceptors (Lipinski definition) is 4. The summed E-state index contributed by atoms with van der Waals surface area (Å²) in [5.41, 5.74) is 2.37. The number of carbonyl (C=O) groups is 1. The number of nitrogens with zero attached hydrogens (tertiary/aromatic N) is 2. The fourth-order valence-electron chi connectivity index (χ4n) is 1.47. The van der Waals surface area contributed by atoms with E-state index in [0.29, 0.717) is 22.0 Å². The van der Waals surface area contributed by atoms with Gasteiger partial charge in [-0.2, -0.15) is 0 Å². The lowest BCUT2D eigenvalue weighted by Gasteiger charge is -2.05. The van der Waals surface area contributed by atoms with Crippen LogP contribution in [0.2, 0.25) is 5.02 Å². The zero-order chi connectivity index (χ0) is 13.1. The van der Waals surface area contributed by atoms with Gasteiger partial charge in [-0.1, -0.05) is 29.1 Å². The Morgan fingerprint density at radius 1 is 1.50 bits per heavy atom. The second-order valence-electron chi connectivity index (χ2n) is 3.82. The fraction of sp³-hybridized carbons (Fsp3) is 0.250. The molecular weight excluding hydrogens is 270 g/mol. The second-order valence-corrected chi connectivity index (χ2v) is 4.98. The van der Waals surface area contributed by atoms with Crippen LogP contribution in [-0.2, 0) is 6.42 Å². The third-order valence-electron chi connectivity index (χ3n) is 2.53. The summed E-state index contributed by atoms with van der Waals surface area (Å²) in [6.45, 7) is 3.85. The summed E-state index contributed by atoms with van der Waals surface area (Å²) in [6.07, 6.45) is 0.688. The minimum absolute atomic E-state index is 0.193. The van der Waals surface area contributed by atoms with Gasteiger partial charge in [0.05, 0.1) is 5.69 Å². The summed E-state index contributed by atoms with van der Waals surface area (Å²) in [4.78, 5) is 12.6. The van der Waals surface area contributed by atoms with Crippen LogP contribution >= 0.6 is 23.1 Å². The maximum Gasteiger partial charge on any atom is 0.269 e. The SMILES string of the molecule is CCc1nnsc1C(=O)Nc1ccc(C)c(Cl)c1. The normalized spacial score (nSPS) is 10.4. The average molecular weight is 282 g/mol. The molecule has 1 aromatic heterocycles. The molecule has 0 saturated carbocycles. The molecule has 1 amide bonds. The van der Waals surface area contributed by atoms with Gasteiger partial charge in [-0.05, 0) is 42.6 Å². The van der Waals surface area contributed by atoms with Crippen molar-refractivity contribution in [3.05, 3.63) is 39.4 Å². The number of anilines is 1. The lowest BCUT2D eigenvalue weighted by atomic mass is 10.2. The molecule has 2 aromatic rings. The molecule has 94 valence electrons. The van der Waals surface area contributed by atoms with Gasteiger partial charge in [0, 0.05) is 10.7 Å². The first-order chi connectivity index (χ1) is 8.61. The molecule has 0 aliphatic rings. The number of halogens is 1. The molecule has 0 aliphatic carbocycles. The van der Waals surface area contributed by atoms with Crippen LogP contribution in [0.15, 0.2) is 18.2 Å². The van der Waals surface area contributed by atoms with Gasteiger partial charge in [-0.3, -0.25) is 4.79 Å². The molecule has 0 radical (unpaired) electrons. The van der Waals surface area contributed by atoms with Crippen molar-refractivity contribution in [1.82, 2.24) is 9.59 Å². The van der Waals surface area contributed by atoms with Gasteiger partial charge in [0.25, 0.3) is 5.91 Å². The van der Waals surface area contributed by atoms with Crippen LogP contribution in [0.25, 0.3) is 0 Å². The van der Waals surface area contributed by atoms with Crippen molar-refractivity contribution in [1.29, 1.82) is 0 Å². The first-order valence-corrected chi connectivity index (χ1v) is 6.65. The molecule has 0 unspecified atom stereocenters. The standard InChI is InChI=1S/C12H12ClN3OS/c1-3-10-11(18-16-15-10)12(17)14-8-5-4-7(2)9(13)6-8/h4-6H,3H2,1-2H3,(H,14,17). The highest BCUT2D eigenvalue weighted by Crippen LogP contribution is 2.21. The average Bonchev–Trinajstić information content (AvgIpc) is 2.82. The van der Waals surface area contributed by atoms with Crippen molar-refractivity contribution in [3.63, 3.8) is 0 Å². The van der Waals surface area contributed by atoms with Crippen LogP contribution in [0.5, 0.6) is 0 Å². The summed E-state index contributed by atoms with van der Waals surface area (Å²) in [5.74, 6) is -0.193. The number of amides is 1. The summed E-state index contributed by atoms with van der Waals surface area (Å²) < 4.78 is 3.79. The Morgan fingerprint density at radius 2 is 2.28 bits per heavy atom. The molecule has 4 nitrogen and oxygen atoms in total. The molecule has 1 heterocycles. The highest BCUT2D eigenvalue weighted by Gasteiger charge is 2.15. The van der Waals surface area contributed by atoms with Gasteiger partial charge in [-0.15, -0.1) is 5.10 Å². The summed E-state index contributed by atoms with van der Waals surface area (Å²) in [7, 11) is 0. The number of benzene rings is 1. The van der Waals surface area contributed by atoms with Crippen molar-refractivity contribution in [2.45, 2.75) is 20.3 Å². The van der Waals surface area contributed by atoms with E-state index in [0.717, 1.165) is 22.8 Å². The van der Waals surface area contributed by atoms with Crippen LogP contribution in [0.1, 0.15) is 27.9 Å². The maximum atomic E-state index is 12.0.